The molecule has 3 nitrogen and oxygen atoms in total. The van der Waals surface area contributed by atoms with Crippen molar-refractivity contribution in [3.8, 4) is 0 Å². The summed E-state index contributed by atoms with van der Waals surface area (Å²) in [7, 11) is 0. The van der Waals surface area contributed by atoms with Gasteiger partial charge in [0.05, 0.1) is 17.8 Å². The molecule has 0 aromatic heterocycles. The molecule has 5 fully saturated rings. The van der Waals surface area contributed by atoms with Gasteiger partial charge in [0, 0.05) is 5.92 Å². The van der Waals surface area contributed by atoms with Gasteiger partial charge in [-0.05, 0) is 148 Å². The van der Waals surface area contributed by atoms with Gasteiger partial charge >= 0.3 is 0 Å². The van der Waals surface area contributed by atoms with Crippen molar-refractivity contribution in [3.05, 3.63) is 11.6 Å². The minimum atomic E-state index is -0.589. The zero-order valence-electron chi connectivity index (χ0n) is 31.3. The molecule has 0 bridgehead atoms. The fraction of sp³-hybridized carbons (Fsp3) is 0.951. The Balaban J connectivity index is 1.37. The van der Waals surface area contributed by atoms with Crippen LogP contribution in [-0.2, 0) is 9.47 Å². The summed E-state index contributed by atoms with van der Waals surface area (Å²) in [6.45, 7) is 31.7. The van der Waals surface area contributed by atoms with E-state index in [4.69, 9.17) is 9.47 Å². The van der Waals surface area contributed by atoms with E-state index in [-0.39, 0.29) is 17.8 Å². The molecule has 3 heteroatoms. The Labute approximate surface area is 273 Å². The van der Waals surface area contributed by atoms with Crippen LogP contribution in [0.1, 0.15) is 154 Å². The van der Waals surface area contributed by atoms with Gasteiger partial charge in [-0.15, -0.1) is 0 Å². The maximum Gasteiger partial charge on any atom is 0.161 e. The summed E-state index contributed by atoms with van der Waals surface area (Å²) in [5, 5.41) is 12.0. The Kier molecular flexibility index (Phi) is 9.48. The summed E-state index contributed by atoms with van der Waals surface area (Å²) in [5.74, 6) is 4.70. The van der Waals surface area contributed by atoms with E-state index >= 15 is 0 Å². The molecule has 5 aliphatic rings. The molecule has 1 heterocycles. The quantitative estimate of drug-likeness (QED) is 0.230. The van der Waals surface area contributed by atoms with E-state index in [9.17, 15) is 5.11 Å². The van der Waals surface area contributed by atoms with E-state index < -0.39 is 5.60 Å². The van der Waals surface area contributed by atoms with E-state index in [0.717, 1.165) is 31.6 Å². The van der Waals surface area contributed by atoms with Crippen LogP contribution in [0.3, 0.4) is 0 Å². The molecule has 15 atom stereocenters. The molecule has 44 heavy (non-hydrogen) atoms. The van der Waals surface area contributed by atoms with Gasteiger partial charge in [0.2, 0.25) is 0 Å². The SMILES string of the molecule is CCC1O[C@@H](OC2CC[C@@]3(C)C(CC[C@]4(C)C3C[C@@H](C)C3C([C@@](C)(O)CCC=C(C)C)CC[C@]34C)C2(C)C)C(C)[C@@H](C)[C@H]1C. The average Bonchev–Trinajstić information content (AvgIpc) is 3.32. The third-order valence-corrected chi connectivity index (χ3v) is 16.3. The lowest BCUT2D eigenvalue weighted by Crippen LogP contribution is -2.66. The molecule has 1 N–H and O–H groups in total. The van der Waals surface area contributed by atoms with Crippen molar-refractivity contribution in [2.24, 2.45) is 69.0 Å². The first-order valence-corrected chi connectivity index (χ1v) is 19.0. The molecule has 7 unspecified atom stereocenters. The predicted octanol–water partition coefficient (Wildman–Crippen LogP) is 10.8. The molecule has 0 amide bonds. The van der Waals surface area contributed by atoms with E-state index in [0.29, 0.717) is 63.8 Å². The highest BCUT2D eigenvalue weighted by Crippen LogP contribution is 2.77. The maximum absolute atomic E-state index is 12.0. The molecule has 0 spiro atoms. The predicted molar refractivity (Wildman–Crippen MR) is 184 cm³/mol. The standard InChI is InChI=1S/C41H72O3/c1-14-31-28(6)27(5)29(7)36(43-31)44-34-19-21-38(10)32(37(34,8)9)18-23-39(11)33(38)24-26(4)35-30(17-22-40(35,39)12)41(13,42)20-15-16-25(2)3/h16,26-36,42H,14-15,17-24H2,1-13H3/t26-,27+,28-,29?,30?,31?,32?,33?,34?,35?,36+,38+,39-,40-,41+/m1/s1. The zero-order chi connectivity index (χ0) is 32.6. The summed E-state index contributed by atoms with van der Waals surface area (Å²) in [6.07, 6.45) is 14.6. The smallest absolute Gasteiger partial charge is 0.161 e. The highest BCUT2D eigenvalue weighted by atomic mass is 16.7. The van der Waals surface area contributed by atoms with Crippen LogP contribution in [0, 0.1) is 69.0 Å². The third-order valence-electron chi connectivity index (χ3n) is 16.3. The molecule has 4 aliphatic carbocycles. The lowest BCUT2D eigenvalue weighted by atomic mass is 9.34. The van der Waals surface area contributed by atoms with Crippen molar-refractivity contribution in [3.63, 3.8) is 0 Å². The number of fused-ring (bicyclic) bond motifs is 5. The zero-order valence-corrected chi connectivity index (χ0v) is 31.3. The highest BCUT2D eigenvalue weighted by Gasteiger charge is 2.71. The van der Waals surface area contributed by atoms with Crippen LogP contribution in [0.4, 0.5) is 0 Å². The molecule has 1 aliphatic heterocycles. The molecular formula is C41H72O3. The Morgan fingerprint density at radius 2 is 1.55 bits per heavy atom. The monoisotopic (exact) mass is 613 g/mol. The molecule has 254 valence electrons. The van der Waals surface area contributed by atoms with Crippen LogP contribution in [0.15, 0.2) is 11.6 Å². The number of ether oxygens (including phenoxy) is 2. The molecule has 0 aromatic rings. The Morgan fingerprint density at radius 3 is 2.18 bits per heavy atom. The van der Waals surface area contributed by atoms with Crippen LogP contribution in [0.5, 0.6) is 0 Å². The largest absolute Gasteiger partial charge is 0.390 e. The van der Waals surface area contributed by atoms with E-state index in [1.165, 1.54) is 44.1 Å². The van der Waals surface area contributed by atoms with Gasteiger partial charge in [-0.2, -0.15) is 0 Å². The summed E-state index contributed by atoms with van der Waals surface area (Å²) in [4.78, 5) is 0. The van der Waals surface area contributed by atoms with Crippen LogP contribution in [0.25, 0.3) is 0 Å². The van der Waals surface area contributed by atoms with Crippen molar-refractivity contribution in [2.75, 3.05) is 0 Å². The van der Waals surface area contributed by atoms with Crippen LogP contribution in [0.2, 0.25) is 0 Å². The average molecular weight is 613 g/mol. The molecule has 4 saturated carbocycles. The molecular weight excluding hydrogens is 540 g/mol. The summed E-state index contributed by atoms with van der Waals surface area (Å²) in [5.41, 5.74) is 1.84. The first-order chi connectivity index (χ1) is 20.3. The molecule has 5 rings (SSSR count). The number of allylic oxidation sites excluding steroid dienone is 2. The highest BCUT2D eigenvalue weighted by molar-refractivity contribution is 5.19. The van der Waals surface area contributed by atoms with Crippen LogP contribution >= 0.6 is 0 Å². The lowest BCUT2D eigenvalue weighted by molar-refractivity contribution is -0.301. The topological polar surface area (TPSA) is 38.7 Å². The summed E-state index contributed by atoms with van der Waals surface area (Å²) in [6, 6.07) is 0. The summed E-state index contributed by atoms with van der Waals surface area (Å²) < 4.78 is 13.8. The van der Waals surface area contributed by atoms with Gasteiger partial charge in [-0.3, -0.25) is 0 Å². The number of aliphatic hydroxyl groups is 1. The van der Waals surface area contributed by atoms with Crippen LogP contribution < -0.4 is 0 Å². The van der Waals surface area contributed by atoms with Gasteiger partial charge in [0.25, 0.3) is 0 Å². The maximum atomic E-state index is 12.0. The van der Waals surface area contributed by atoms with Gasteiger partial charge in [-0.25, -0.2) is 0 Å². The fourth-order valence-corrected chi connectivity index (χ4v) is 13.2. The molecule has 1 saturated heterocycles. The van der Waals surface area contributed by atoms with Gasteiger partial charge in [-0.1, -0.05) is 80.9 Å². The normalized spacial score (nSPS) is 51.5. The molecule has 0 radical (unpaired) electrons. The minimum absolute atomic E-state index is 0.0806. The number of hydrogen-bond donors (Lipinski definition) is 1. The Bertz CT molecular complexity index is 1050. The second kappa shape index (κ2) is 11.9. The van der Waals surface area contributed by atoms with E-state index in [2.05, 4.69) is 96.1 Å². The van der Waals surface area contributed by atoms with Crippen molar-refractivity contribution < 1.29 is 14.6 Å². The Morgan fingerprint density at radius 1 is 0.886 bits per heavy atom. The molecule has 0 aromatic carbocycles. The van der Waals surface area contributed by atoms with Crippen molar-refractivity contribution in [1.29, 1.82) is 0 Å². The first-order valence-electron chi connectivity index (χ1n) is 19.0. The van der Waals surface area contributed by atoms with Crippen molar-refractivity contribution in [2.45, 2.75) is 178 Å². The minimum Gasteiger partial charge on any atom is -0.390 e. The fourth-order valence-electron chi connectivity index (χ4n) is 13.2. The second-order valence-electron chi connectivity index (χ2n) is 19.1. The Hall–Kier alpha value is -0.380. The van der Waals surface area contributed by atoms with E-state index in [1.807, 2.05) is 0 Å². The number of rotatable bonds is 7. The first kappa shape index (κ1) is 34.9. The lowest BCUT2D eigenvalue weighted by Gasteiger charge is -2.71. The van der Waals surface area contributed by atoms with Crippen molar-refractivity contribution in [1.82, 2.24) is 0 Å². The third kappa shape index (κ3) is 5.32. The second-order valence-corrected chi connectivity index (χ2v) is 19.1. The number of hydrogen-bond acceptors (Lipinski definition) is 3. The van der Waals surface area contributed by atoms with Gasteiger partial charge in [0.15, 0.2) is 6.29 Å². The van der Waals surface area contributed by atoms with Crippen molar-refractivity contribution >= 4 is 0 Å². The summed E-state index contributed by atoms with van der Waals surface area (Å²) >= 11 is 0. The van der Waals surface area contributed by atoms with E-state index in [1.54, 1.807) is 0 Å². The van der Waals surface area contributed by atoms with Gasteiger partial charge < -0.3 is 14.6 Å². The van der Waals surface area contributed by atoms with Crippen LogP contribution in [-0.4, -0.2) is 29.2 Å². The van der Waals surface area contributed by atoms with Gasteiger partial charge in [0.1, 0.15) is 0 Å².